The molecule has 2 rings (SSSR count). The van der Waals surface area contributed by atoms with Gasteiger partial charge in [-0.1, -0.05) is 35.4 Å². The van der Waals surface area contributed by atoms with Crippen molar-refractivity contribution in [3.63, 3.8) is 0 Å². The number of hydrogen-bond acceptors (Lipinski definition) is 2. The summed E-state index contributed by atoms with van der Waals surface area (Å²) in [6, 6.07) is -0.289. The van der Waals surface area contributed by atoms with Crippen molar-refractivity contribution in [2.75, 3.05) is 6.54 Å². The number of nitrogens with one attached hydrogen (secondary N) is 1. The highest BCUT2D eigenvalue weighted by Gasteiger charge is 2.52. The van der Waals surface area contributed by atoms with Gasteiger partial charge >= 0.3 is 6.03 Å². The Morgan fingerprint density at radius 3 is 2.60 bits per heavy atom. The van der Waals surface area contributed by atoms with Gasteiger partial charge in [-0.05, 0) is 12.8 Å². The molecule has 1 aliphatic carbocycles. The van der Waals surface area contributed by atoms with Crippen LogP contribution >= 0.6 is 15.9 Å². The second-order valence-electron chi connectivity index (χ2n) is 4.13. The van der Waals surface area contributed by atoms with Gasteiger partial charge in [0.1, 0.15) is 5.54 Å². The first-order chi connectivity index (χ1) is 7.05. The van der Waals surface area contributed by atoms with E-state index in [9.17, 15) is 9.59 Å². The molecule has 15 heavy (non-hydrogen) atoms. The molecule has 0 aromatic heterocycles. The van der Waals surface area contributed by atoms with Gasteiger partial charge in [0, 0.05) is 4.48 Å². The number of nitrogens with zero attached hydrogens (tertiary/aromatic N) is 1. The lowest BCUT2D eigenvalue weighted by Gasteiger charge is -2.19. The van der Waals surface area contributed by atoms with E-state index in [-0.39, 0.29) is 18.5 Å². The summed E-state index contributed by atoms with van der Waals surface area (Å²) in [4.78, 5) is 24.9. The molecule has 82 valence electrons. The Balaban J connectivity index is 2.19. The van der Waals surface area contributed by atoms with Crippen LogP contribution in [0, 0.1) is 0 Å². The number of halogens is 1. The molecular formula is C10H13BrN2O2. The van der Waals surface area contributed by atoms with Gasteiger partial charge < -0.3 is 5.32 Å². The van der Waals surface area contributed by atoms with Crippen LogP contribution in [0.5, 0.6) is 0 Å². The molecule has 1 N–H and O–H groups in total. The summed E-state index contributed by atoms with van der Waals surface area (Å²) in [5, 5.41) is 2.81. The summed E-state index contributed by atoms with van der Waals surface area (Å²) in [6.45, 7) is 3.90. The number of carbonyl (C=O) groups is 2. The van der Waals surface area contributed by atoms with Crippen molar-refractivity contribution < 1.29 is 9.59 Å². The number of amides is 3. The number of imide groups is 1. The van der Waals surface area contributed by atoms with Crippen LogP contribution in [0.25, 0.3) is 0 Å². The van der Waals surface area contributed by atoms with Gasteiger partial charge in [0.2, 0.25) is 0 Å². The average molecular weight is 273 g/mol. The van der Waals surface area contributed by atoms with E-state index < -0.39 is 5.54 Å². The fourth-order valence-electron chi connectivity index (χ4n) is 2.31. The van der Waals surface area contributed by atoms with Crippen molar-refractivity contribution in [2.45, 2.75) is 31.2 Å². The monoisotopic (exact) mass is 272 g/mol. The molecular weight excluding hydrogens is 260 g/mol. The van der Waals surface area contributed by atoms with Crippen LogP contribution in [0.15, 0.2) is 11.1 Å². The number of rotatable bonds is 2. The Kier molecular flexibility index (Phi) is 2.58. The van der Waals surface area contributed by atoms with Gasteiger partial charge in [0.05, 0.1) is 6.54 Å². The quantitative estimate of drug-likeness (QED) is 0.779. The summed E-state index contributed by atoms with van der Waals surface area (Å²) >= 11 is 3.17. The Bertz CT molecular complexity index is 334. The largest absolute Gasteiger partial charge is 0.325 e. The molecule has 0 bridgehead atoms. The highest BCUT2D eigenvalue weighted by Crippen LogP contribution is 2.35. The van der Waals surface area contributed by atoms with Crippen LogP contribution < -0.4 is 5.32 Å². The lowest BCUT2D eigenvalue weighted by molar-refractivity contribution is -0.130. The third-order valence-corrected chi connectivity index (χ3v) is 3.28. The standard InChI is InChI=1S/C10H13BrN2O2/c1-7(11)6-13-8(14)10(12-9(13)15)4-2-3-5-10/h1-6H2,(H,12,15). The first kappa shape index (κ1) is 10.7. The number of hydrogen-bond donors (Lipinski definition) is 1. The molecule has 2 fully saturated rings. The van der Waals surface area contributed by atoms with E-state index in [1.54, 1.807) is 0 Å². The zero-order chi connectivity index (χ0) is 11.1. The SMILES string of the molecule is C=C(Br)CN1C(=O)NC2(CCCC2)C1=O. The molecule has 1 aliphatic heterocycles. The second kappa shape index (κ2) is 3.63. The molecule has 0 aromatic rings. The molecule has 1 saturated carbocycles. The van der Waals surface area contributed by atoms with Gasteiger partial charge in [0.15, 0.2) is 0 Å². The van der Waals surface area contributed by atoms with E-state index in [2.05, 4.69) is 27.8 Å². The summed E-state index contributed by atoms with van der Waals surface area (Å²) in [5.41, 5.74) is -0.598. The maximum atomic E-state index is 12.1. The van der Waals surface area contributed by atoms with Crippen LogP contribution in [0.2, 0.25) is 0 Å². The minimum atomic E-state index is -0.598. The van der Waals surface area contributed by atoms with Gasteiger partial charge in [-0.2, -0.15) is 0 Å². The Morgan fingerprint density at radius 2 is 2.07 bits per heavy atom. The first-order valence-corrected chi connectivity index (χ1v) is 5.82. The summed E-state index contributed by atoms with van der Waals surface area (Å²) in [6.07, 6.45) is 3.55. The second-order valence-corrected chi connectivity index (χ2v) is 5.25. The van der Waals surface area contributed by atoms with E-state index >= 15 is 0 Å². The zero-order valence-corrected chi connectivity index (χ0v) is 9.97. The topological polar surface area (TPSA) is 49.4 Å². The van der Waals surface area contributed by atoms with Crippen LogP contribution in [0.3, 0.4) is 0 Å². The minimum Gasteiger partial charge on any atom is -0.323 e. The first-order valence-electron chi connectivity index (χ1n) is 5.02. The molecule has 1 saturated heterocycles. The highest BCUT2D eigenvalue weighted by atomic mass is 79.9. The van der Waals surface area contributed by atoms with E-state index in [4.69, 9.17) is 0 Å². The summed E-state index contributed by atoms with van der Waals surface area (Å²) in [7, 11) is 0. The van der Waals surface area contributed by atoms with E-state index in [0.29, 0.717) is 4.48 Å². The van der Waals surface area contributed by atoms with Crippen LogP contribution in [0.1, 0.15) is 25.7 Å². The third-order valence-electron chi connectivity index (χ3n) is 3.03. The zero-order valence-electron chi connectivity index (χ0n) is 8.38. The molecule has 1 spiro atoms. The fraction of sp³-hybridized carbons (Fsp3) is 0.600. The predicted molar refractivity (Wildman–Crippen MR) is 59.5 cm³/mol. The van der Waals surface area contributed by atoms with Gasteiger partial charge in [0.25, 0.3) is 5.91 Å². The van der Waals surface area contributed by atoms with Gasteiger partial charge in [-0.25, -0.2) is 4.79 Å². The number of urea groups is 1. The Morgan fingerprint density at radius 1 is 1.47 bits per heavy atom. The third kappa shape index (κ3) is 1.69. The van der Waals surface area contributed by atoms with E-state index in [1.165, 1.54) is 4.90 Å². The van der Waals surface area contributed by atoms with E-state index in [0.717, 1.165) is 25.7 Å². The molecule has 5 heteroatoms. The lowest BCUT2D eigenvalue weighted by Crippen LogP contribution is -2.44. The lowest BCUT2D eigenvalue weighted by atomic mass is 9.98. The molecule has 1 heterocycles. The van der Waals surface area contributed by atoms with Crippen molar-refractivity contribution in [1.82, 2.24) is 10.2 Å². The van der Waals surface area contributed by atoms with Crippen LogP contribution in [0.4, 0.5) is 4.79 Å². The average Bonchev–Trinajstić information content (AvgIpc) is 2.69. The smallest absolute Gasteiger partial charge is 0.323 e. The molecule has 0 unspecified atom stereocenters. The Labute approximate surface area is 96.8 Å². The highest BCUT2D eigenvalue weighted by molar-refractivity contribution is 9.11. The van der Waals surface area contributed by atoms with Crippen LogP contribution in [-0.4, -0.2) is 28.9 Å². The molecule has 4 nitrogen and oxygen atoms in total. The summed E-state index contributed by atoms with van der Waals surface area (Å²) < 4.78 is 0.640. The van der Waals surface area contributed by atoms with Crippen molar-refractivity contribution in [3.05, 3.63) is 11.1 Å². The normalized spacial score (nSPS) is 23.7. The predicted octanol–water partition coefficient (Wildman–Crippen LogP) is 1.76. The fourth-order valence-corrected chi connectivity index (χ4v) is 2.56. The van der Waals surface area contributed by atoms with Crippen molar-refractivity contribution >= 4 is 27.9 Å². The summed E-state index contributed by atoms with van der Waals surface area (Å²) in [5.74, 6) is -0.0920. The molecule has 3 amide bonds. The molecule has 0 atom stereocenters. The number of carbonyl (C=O) groups excluding carboxylic acids is 2. The Hall–Kier alpha value is -0.840. The van der Waals surface area contributed by atoms with Gasteiger partial charge in [-0.15, -0.1) is 0 Å². The molecule has 0 radical (unpaired) electrons. The molecule has 0 aromatic carbocycles. The van der Waals surface area contributed by atoms with E-state index in [1.807, 2.05) is 0 Å². The maximum absolute atomic E-state index is 12.1. The van der Waals surface area contributed by atoms with Crippen LogP contribution in [-0.2, 0) is 4.79 Å². The van der Waals surface area contributed by atoms with Gasteiger partial charge in [-0.3, -0.25) is 9.69 Å². The molecule has 2 aliphatic rings. The maximum Gasteiger partial charge on any atom is 0.325 e. The van der Waals surface area contributed by atoms with Crippen molar-refractivity contribution in [2.24, 2.45) is 0 Å². The minimum absolute atomic E-state index is 0.0920. The van der Waals surface area contributed by atoms with Crippen molar-refractivity contribution in [3.8, 4) is 0 Å². The van der Waals surface area contributed by atoms with Crippen molar-refractivity contribution in [1.29, 1.82) is 0 Å².